The summed E-state index contributed by atoms with van der Waals surface area (Å²) in [6.45, 7) is 4.59. The minimum absolute atomic E-state index is 0.120. The molecule has 0 heterocycles. The number of carbonyl (C=O) groups is 1. The quantitative estimate of drug-likeness (QED) is 0.261. The number of aryl methyl sites for hydroxylation is 1. The summed E-state index contributed by atoms with van der Waals surface area (Å²) in [5, 5.41) is 15.1. The number of nitrogens with zero attached hydrogens (tertiary/aromatic N) is 2. The van der Waals surface area contributed by atoms with Crippen LogP contribution in [0.25, 0.3) is 0 Å². The first kappa shape index (κ1) is 23.7. The predicted octanol–water partition coefficient (Wildman–Crippen LogP) is 5.30. The van der Waals surface area contributed by atoms with E-state index in [0.29, 0.717) is 35.3 Å². The van der Waals surface area contributed by atoms with Gasteiger partial charge < -0.3 is 9.47 Å². The molecule has 0 atom stereocenters. The summed E-state index contributed by atoms with van der Waals surface area (Å²) in [6, 6.07) is 16.6. The van der Waals surface area contributed by atoms with Crippen molar-refractivity contribution in [3.05, 3.63) is 98.1 Å². The number of rotatable bonds is 9. The molecular weight excluding hydrogens is 446 g/mol. The van der Waals surface area contributed by atoms with Crippen LogP contribution in [0.2, 0.25) is 5.02 Å². The largest absolute Gasteiger partial charge is 0.490 e. The zero-order valence-corrected chi connectivity index (χ0v) is 18.8. The second kappa shape index (κ2) is 11.1. The van der Waals surface area contributed by atoms with Crippen LogP contribution in [0, 0.1) is 17.0 Å². The molecular formula is C24H22ClN3O5. The number of nitro groups is 1. The molecule has 0 unspecified atom stereocenters. The van der Waals surface area contributed by atoms with E-state index >= 15 is 0 Å². The van der Waals surface area contributed by atoms with Gasteiger partial charge in [0.05, 0.1) is 22.8 Å². The molecule has 0 bridgehead atoms. The summed E-state index contributed by atoms with van der Waals surface area (Å²) in [6.07, 6.45) is 1.40. The van der Waals surface area contributed by atoms with Crippen molar-refractivity contribution in [3.63, 3.8) is 0 Å². The van der Waals surface area contributed by atoms with Gasteiger partial charge in [-0.15, -0.1) is 0 Å². The molecule has 0 aliphatic rings. The number of hydrogen-bond donors (Lipinski definition) is 1. The Morgan fingerprint density at radius 1 is 1.15 bits per heavy atom. The number of hydrogen-bond acceptors (Lipinski definition) is 6. The average Bonchev–Trinajstić information content (AvgIpc) is 2.80. The first-order chi connectivity index (χ1) is 15.9. The summed E-state index contributed by atoms with van der Waals surface area (Å²) >= 11 is 6.44. The van der Waals surface area contributed by atoms with Crippen LogP contribution in [-0.2, 0) is 6.61 Å². The third kappa shape index (κ3) is 6.30. The molecule has 0 aliphatic carbocycles. The third-order valence-corrected chi connectivity index (χ3v) is 4.94. The van der Waals surface area contributed by atoms with Crippen LogP contribution in [0.1, 0.15) is 34.0 Å². The Kier molecular flexibility index (Phi) is 7.99. The lowest BCUT2D eigenvalue weighted by molar-refractivity contribution is -0.384. The number of nitro benzene ring substituents is 1. The number of ether oxygens (including phenoxy) is 2. The van der Waals surface area contributed by atoms with Gasteiger partial charge in [0.25, 0.3) is 11.6 Å². The molecule has 0 saturated carbocycles. The summed E-state index contributed by atoms with van der Waals surface area (Å²) in [7, 11) is 0. The van der Waals surface area contributed by atoms with Crippen LogP contribution in [-0.4, -0.2) is 23.7 Å². The molecule has 0 radical (unpaired) electrons. The summed E-state index contributed by atoms with van der Waals surface area (Å²) in [5.41, 5.74) is 5.00. The fraction of sp³-hybridized carbons (Fsp3) is 0.167. The molecule has 0 saturated heterocycles. The lowest BCUT2D eigenvalue weighted by Gasteiger charge is -2.15. The minimum atomic E-state index is -0.579. The van der Waals surface area contributed by atoms with E-state index in [1.165, 1.54) is 30.5 Å². The van der Waals surface area contributed by atoms with Crippen molar-refractivity contribution in [2.24, 2.45) is 5.10 Å². The fourth-order valence-corrected chi connectivity index (χ4v) is 3.25. The van der Waals surface area contributed by atoms with E-state index in [2.05, 4.69) is 10.5 Å². The maximum atomic E-state index is 12.2. The van der Waals surface area contributed by atoms with Gasteiger partial charge in [-0.1, -0.05) is 41.9 Å². The summed E-state index contributed by atoms with van der Waals surface area (Å²) in [5.74, 6) is 0.286. The van der Waals surface area contributed by atoms with E-state index in [1.54, 1.807) is 12.1 Å². The van der Waals surface area contributed by atoms with Gasteiger partial charge in [0.1, 0.15) is 6.61 Å². The number of nitrogens with one attached hydrogen (secondary N) is 1. The second-order valence-corrected chi connectivity index (χ2v) is 7.39. The van der Waals surface area contributed by atoms with Gasteiger partial charge >= 0.3 is 0 Å². The van der Waals surface area contributed by atoms with Gasteiger partial charge in [-0.2, -0.15) is 5.10 Å². The molecule has 170 valence electrons. The van der Waals surface area contributed by atoms with E-state index in [-0.39, 0.29) is 11.3 Å². The first-order valence-corrected chi connectivity index (χ1v) is 10.5. The Hall–Kier alpha value is -3.91. The van der Waals surface area contributed by atoms with Crippen molar-refractivity contribution in [1.82, 2.24) is 5.43 Å². The SMILES string of the molecule is CCOc1cc(/C=N\NC(=O)c2cccc([N+](=O)[O-])c2)cc(Cl)c1OCc1ccccc1C. The number of carbonyl (C=O) groups excluding carboxylic acids is 1. The monoisotopic (exact) mass is 467 g/mol. The van der Waals surface area contributed by atoms with Crippen LogP contribution in [0.15, 0.2) is 65.8 Å². The molecule has 0 fully saturated rings. The van der Waals surface area contributed by atoms with Crippen LogP contribution in [0.5, 0.6) is 11.5 Å². The molecule has 33 heavy (non-hydrogen) atoms. The highest BCUT2D eigenvalue weighted by molar-refractivity contribution is 6.32. The fourth-order valence-electron chi connectivity index (χ4n) is 2.98. The molecule has 0 aromatic heterocycles. The zero-order chi connectivity index (χ0) is 23.8. The third-order valence-electron chi connectivity index (χ3n) is 4.66. The average molecular weight is 468 g/mol. The number of hydrazone groups is 1. The van der Waals surface area contributed by atoms with E-state index in [4.69, 9.17) is 21.1 Å². The van der Waals surface area contributed by atoms with Crippen molar-refractivity contribution < 1.29 is 19.2 Å². The molecule has 3 rings (SSSR count). The van der Waals surface area contributed by atoms with Crippen LogP contribution >= 0.6 is 11.6 Å². The van der Waals surface area contributed by atoms with Crippen molar-refractivity contribution in [2.45, 2.75) is 20.5 Å². The molecule has 3 aromatic rings. The smallest absolute Gasteiger partial charge is 0.271 e. The van der Waals surface area contributed by atoms with Gasteiger partial charge in [0, 0.05) is 17.7 Å². The van der Waals surface area contributed by atoms with Crippen molar-refractivity contribution in [3.8, 4) is 11.5 Å². The van der Waals surface area contributed by atoms with Crippen molar-refractivity contribution in [1.29, 1.82) is 0 Å². The Bertz CT molecular complexity index is 1200. The van der Waals surface area contributed by atoms with Gasteiger partial charge in [-0.3, -0.25) is 14.9 Å². The maximum Gasteiger partial charge on any atom is 0.271 e. The molecule has 0 spiro atoms. The molecule has 8 nitrogen and oxygen atoms in total. The van der Waals surface area contributed by atoms with E-state index < -0.39 is 10.8 Å². The molecule has 1 N–H and O–H groups in total. The minimum Gasteiger partial charge on any atom is -0.490 e. The standard InChI is InChI=1S/C24H22ClN3O5/c1-3-32-22-12-17(11-21(25)23(22)33-15-19-8-5-4-7-16(19)2)14-26-27-24(29)18-9-6-10-20(13-18)28(30)31/h4-14H,3,15H2,1-2H3,(H,27,29)/b26-14-. The first-order valence-electron chi connectivity index (χ1n) is 10.1. The van der Waals surface area contributed by atoms with Crippen LogP contribution < -0.4 is 14.9 Å². The summed E-state index contributed by atoms with van der Waals surface area (Å²) < 4.78 is 11.6. The van der Waals surface area contributed by atoms with E-state index in [9.17, 15) is 14.9 Å². The Morgan fingerprint density at radius 3 is 2.67 bits per heavy atom. The van der Waals surface area contributed by atoms with E-state index in [0.717, 1.165) is 11.1 Å². The maximum absolute atomic E-state index is 12.2. The summed E-state index contributed by atoms with van der Waals surface area (Å²) in [4.78, 5) is 22.5. The molecule has 0 aliphatic heterocycles. The van der Waals surface area contributed by atoms with Crippen LogP contribution in [0.4, 0.5) is 5.69 Å². The van der Waals surface area contributed by atoms with Crippen LogP contribution in [0.3, 0.4) is 0 Å². The van der Waals surface area contributed by atoms with Gasteiger partial charge in [0.15, 0.2) is 11.5 Å². The lowest BCUT2D eigenvalue weighted by atomic mass is 10.1. The zero-order valence-electron chi connectivity index (χ0n) is 18.1. The molecule has 3 aromatic carbocycles. The highest BCUT2D eigenvalue weighted by Gasteiger charge is 2.14. The Balaban J connectivity index is 1.73. The van der Waals surface area contributed by atoms with Crippen molar-refractivity contribution in [2.75, 3.05) is 6.61 Å². The Labute approximate surface area is 195 Å². The number of halogens is 1. The van der Waals surface area contributed by atoms with Gasteiger partial charge in [-0.25, -0.2) is 5.43 Å². The highest BCUT2D eigenvalue weighted by Crippen LogP contribution is 2.37. The number of amides is 1. The topological polar surface area (TPSA) is 103 Å². The molecule has 1 amide bonds. The van der Waals surface area contributed by atoms with Crippen molar-refractivity contribution >= 4 is 29.4 Å². The highest BCUT2D eigenvalue weighted by atomic mass is 35.5. The molecule has 9 heteroatoms. The second-order valence-electron chi connectivity index (χ2n) is 6.98. The Morgan fingerprint density at radius 2 is 1.94 bits per heavy atom. The number of non-ortho nitro benzene ring substituents is 1. The van der Waals surface area contributed by atoms with Gasteiger partial charge in [0.2, 0.25) is 0 Å². The number of benzene rings is 3. The lowest BCUT2D eigenvalue weighted by Crippen LogP contribution is -2.17. The normalized spacial score (nSPS) is 10.8. The predicted molar refractivity (Wildman–Crippen MR) is 126 cm³/mol. The van der Waals surface area contributed by atoms with Gasteiger partial charge in [-0.05, 0) is 48.7 Å². The van der Waals surface area contributed by atoms with E-state index in [1.807, 2.05) is 38.1 Å².